The molecule has 0 bridgehead atoms. The Labute approximate surface area is 110 Å². The van der Waals surface area contributed by atoms with Gasteiger partial charge in [-0.3, -0.25) is 0 Å². The normalized spacial score (nSPS) is 10.2. The predicted molar refractivity (Wildman–Crippen MR) is 67.5 cm³/mol. The highest BCUT2D eigenvalue weighted by molar-refractivity contribution is 5.23. The summed E-state index contributed by atoms with van der Waals surface area (Å²) >= 11 is 0. The largest absolute Gasteiger partial charge is 0.490 e. The first-order valence-electron chi connectivity index (χ1n) is 5.86. The van der Waals surface area contributed by atoms with E-state index in [1.807, 2.05) is 30.3 Å². The van der Waals surface area contributed by atoms with E-state index >= 15 is 0 Å². The average molecular weight is 263 g/mol. The summed E-state index contributed by atoms with van der Waals surface area (Å²) in [7, 11) is 0. The van der Waals surface area contributed by atoms with Gasteiger partial charge in [0.2, 0.25) is 0 Å². The highest BCUT2D eigenvalue weighted by Crippen LogP contribution is 2.17. The summed E-state index contributed by atoms with van der Waals surface area (Å²) in [5.41, 5.74) is 0.161. The summed E-state index contributed by atoms with van der Waals surface area (Å²) in [6.07, 6.45) is 1.39. The number of pyridine rings is 1. The van der Waals surface area contributed by atoms with Gasteiger partial charge >= 0.3 is 0 Å². The van der Waals surface area contributed by atoms with Gasteiger partial charge in [0.25, 0.3) is 5.88 Å². The van der Waals surface area contributed by atoms with E-state index in [4.69, 9.17) is 14.6 Å². The molecule has 0 aliphatic carbocycles. The Bertz CT molecular complexity index is 519. The molecular weight excluding hydrogens is 249 g/mol. The van der Waals surface area contributed by atoms with Crippen molar-refractivity contribution in [3.05, 3.63) is 54.0 Å². The van der Waals surface area contributed by atoms with Crippen LogP contribution in [0.2, 0.25) is 0 Å². The van der Waals surface area contributed by atoms with Crippen molar-refractivity contribution in [3.8, 4) is 11.6 Å². The van der Waals surface area contributed by atoms with Crippen molar-refractivity contribution < 1.29 is 19.0 Å². The van der Waals surface area contributed by atoms with E-state index in [1.54, 1.807) is 0 Å². The molecule has 2 rings (SSSR count). The Kier molecular flexibility index (Phi) is 4.69. The first-order chi connectivity index (χ1) is 9.31. The molecule has 1 heterocycles. The molecule has 5 heteroatoms. The lowest BCUT2D eigenvalue weighted by molar-refractivity contribution is 0.203. The number of ether oxygens (including phenoxy) is 2. The number of aromatic nitrogens is 1. The molecule has 1 N–H and O–H groups in total. The third kappa shape index (κ3) is 3.66. The van der Waals surface area contributed by atoms with E-state index < -0.39 is 5.82 Å². The van der Waals surface area contributed by atoms with Crippen LogP contribution < -0.4 is 9.47 Å². The molecule has 0 spiro atoms. The van der Waals surface area contributed by atoms with E-state index in [2.05, 4.69) is 4.98 Å². The van der Waals surface area contributed by atoms with Crippen LogP contribution >= 0.6 is 0 Å². The lowest BCUT2D eigenvalue weighted by atomic mass is 10.3. The summed E-state index contributed by atoms with van der Waals surface area (Å²) in [5, 5.41) is 8.92. The first-order valence-corrected chi connectivity index (χ1v) is 5.86. The van der Waals surface area contributed by atoms with Crippen LogP contribution in [0.3, 0.4) is 0 Å². The molecule has 4 nitrogen and oxygen atoms in total. The molecule has 0 fully saturated rings. The van der Waals surface area contributed by atoms with Gasteiger partial charge in [0.05, 0.1) is 6.61 Å². The Hall–Kier alpha value is -2.14. The zero-order chi connectivity index (χ0) is 13.5. The Morgan fingerprint density at radius 1 is 1.05 bits per heavy atom. The van der Waals surface area contributed by atoms with Gasteiger partial charge in [-0.25, -0.2) is 9.37 Å². The van der Waals surface area contributed by atoms with Gasteiger partial charge in [-0.1, -0.05) is 18.2 Å². The molecule has 0 amide bonds. The molecule has 1 aromatic heterocycles. The molecule has 19 heavy (non-hydrogen) atoms. The fourth-order valence-electron chi connectivity index (χ4n) is 1.50. The second-order valence-corrected chi connectivity index (χ2v) is 3.76. The van der Waals surface area contributed by atoms with Crippen molar-refractivity contribution in [2.24, 2.45) is 0 Å². The fraction of sp³-hybridized carbons (Fsp3) is 0.214. The Morgan fingerprint density at radius 3 is 2.53 bits per heavy atom. The monoisotopic (exact) mass is 263 g/mol. The molecular formula is C14H14FNO3. The molecule has 0 aliphatic heterocycles. The zero-order valence-electron chi connectivity index (χ0n) is 10.3. The second-order valence-electron chi connectivity index (χ2n) is 3.76. The SMILES string of the molecule is OCc1ccnc(OCCOc2ccccc2)c1F. The van der Waals surface area contributed by atoms with Crippen LogP contribution in [-0.2, 0) is 6.61 Å². The number of halogens is 1. The van der Waals surface area contributed by atoms with Crippen molar-refractivity contribution in [2.75, 3.05) is 13.2 Å². The third-order valence-corrected chi connectivity index (χ3v) is 2.44. The number of hydrogen-bond acceptors (Lipinski definition) is 4. The summed E-state index contributed by atoms with van der Waals surface area (Å²) in [6.45, 7) is 0.0768. The van der Waals surface area contributed by atoms with Crippen molar-refractivity contribution >= 4 is 0 Å². The van der Waals surface area contributed by atoms with Crippen molar-refractivity contribution in [3.63, 3.8) is 0 Å². The number of hydrogen-bond donors (Lipinski definition) is 1. The lowest BCUT2D eigenvalue weighted by Crippen LogP contribution is -2.11. The summed E-state index contributed by atoms with van der Waals surface area (Å²) in [5.74, 6) is -0.0310. The number of para-hydroxylation sites is 1. The van der Waals surface area contributed by atoms with Gasteiger partial charge in [-0.2, -0.15) is 0 Å². The van der Waals surface area contributed by atoms with Crippen molar-refractivity contribution in [1.29, 1.82) is 0 Å². The van der Waals surface area contributed by atoms with Gasteiger partial charge in [-0.15, -0.1) is 0 Å². The number of aliphatic hydroxyl groups is 1. The average Bonchev–Trinajstić information content (AvgIpc) is 2.46. The van der Waals surface area contributed by atoms with E-state index in [-0.39, 0.29) is 31.3 Å². The number of benzene rings is 1. The third-order valence-electron chi connectivity index (χ3n) is 2.44. The summed E-state index contributed by atoms with van der Waals surface area (Å²) < 4.78 is 24.2. The van der Waals surface area contributed by atoms with Gasteiger partial charge in [0.15, 0.2) is 5.82 Å². The van der Waals surface area contributed by atoms with Crippen LogP contribution in [0.25, 0.3) is 0 Å². The van der Waals surface area contributed by atoms with Crippen LogP contribution in [0.4, 0.5) is 4.39 Å². The van der Waals surface area contributed by atoms with Crippen LogP contribution in [0, 0.1) is 5.82 Å². The first kappa shape index (κ1) is 13.3. The Balaban J connectivity index is 1.83. The smallest absolute Gasteiger partial charge is 0.250 e. The quantitative estimate of drug-likeness (QED) is 0.811. The van der Waals surface area contributed by atoms with Gasteiger partial charge in [0.1, 0.15) is 19.0 Å². The molecule has 2 aromatic rings. The minimum atomic E-state index is -0.635. The molecule has 0 atom stereocenters. The van der Waals surface area contributed by atoms with Crippen molar-refractivity contribution in [2.45, 2.75) is 6.61 Å². The van der Waals surface area contributed by atoms with E-state index in [1.165, 1.54) is 12.3 Å². The number of rotatable bonds is 6. The minimum Gasteiger partial charge on any atom is -0.490 e. The maximum Gasteiger partial charge on any atom is 0.250 e. The van der Waals surface area contributed by atoms with Gasteiger partial charge in [-0.05, 0) is 18.2 Å². The highest BCUT2D eigenvalue weighted by Gasteiger charge is 2.09. The maximum atomic E-state index is 13.6. The predicted octanol–water partition coefficient (Wildman–Crippen LogP) is 2.17. The van der Waals surface area contributed by atoms with Crippen LogP contribution in [0.5, 0.6) is 11.6 Å². The van der Waals surface area contributed by atoms with E-state index in [0.29, 0.717) is 0 Å². The molecule has 0 unspecified atom stereocenters. The molecule has 1 aromatic carbocycles. The molecule has 0 saturated heterocycles. The fourth-order valence-corrected chi connectivity index (χ4v) is 1.50. The van der Waals surface area contributed by atoms with Crippen LogP contribution in [0.1, 0.15) is 5.56 Å². The molecule has 0 saturated carbocycles. The molecule has 0 radical (unpaired) electrons. The molecule has 0 aliphatic rings. The van der Waals surface area contributed by atoms with E-state index in [0.717, 1.165) is 5.75 Å². The number of nitrogens with zero attached hydrogens (tertiary/aromatic N) is 1. The standard InChI is InChI=1S/C14H14FNO3/c15-13-11(10-17)6-7-16-14(13)19-9-8-18-12-4-2-1-3-5-12/h1-7,17H,8-10H2. The van der Waals surface area contributed by atoms with Gasteiger partial charge < -0.3 is 14.6 Å². The summed E-state index contributed by atoms with van der Waals surface area (Å²) in [6, 6.07) is 10.7. The number of aliphatic hydroxyl groups excluding tert-OH is 1. The topological polar surface area (TPSA) is 51.6 Å². The molecule has 100 valence electrons. The Morgan fingerprint density at radius 2 is 1.79 bits per heavy atom. The second kappa shape index (κ2) is 6.70. The highest BCUT2D eigenvalue weighted by atomic mass is 19.1. The zero-order valence-corrected chi connectivity index (χ0v) is 10.3. The minimum absolute atomic E-state index is 0.122. The van der Waals surface area contributed by atoms with E-state index in [9.17, 15) is 4.39 Å². The van der Waals surface area contributed by atoms with Crippen LogP contribution in [-0.4, -0.2) is 23.3 Å². The maximum absolute atomic E-state index is 13.6. The summed E-state index contributed by atoms with van der Waals surface area (Å²) in [4.78, 5) is 3.77. The van der Waals surface area contributed by atoms with Crippen molar-refractivity contribution in [1.82, 2.24) is 4.98 Å². The lowest BCUT2D eigenvalue weighted by Gasteiger charge is -2.09. The van der Waals surface area contributed by atoms with Crippen LogP contribution in [0.15, 0.2) is 42.6 Å². The van der Waals surface area contributed by atoms with Gasteiger partial charge in [0, 0.05) is 11.8 Å².